The summed E-state index contributed by atoms with van der Waals surface area (Å²) in [4.78, 5) is 16.0. The van der Waals surface area contributed by atoms with Crippen molar-refractivity contribution in [2.75, 3.05) is 19.6 Å². The second-order valence-electron chi connectivity index (χ2n) is 5.51. The third-order valence-corrected chi connectivity index (χ3v) is 3.93. The van der Waals surface area contributed by atoms with E-state index in [1.807, 2.05) is 17.9 Å². The molecule has 1 amide bonds. The second kappa shape index (κ2) is 5.21. The van der Waals surface area contributed by atoms with Gasteiger partial charge in [-0.1, -0.05) is 30.3 Å². The van der Waals surface area contributed by atoms with Crippen LogP contribution in [0.15, 0.2) is 30.3 Å². The highest BCUT2D eigenvalue weighted by Crippen LogP contribution is 2.22. The predicted octanol–water partition coefficient (Wildman–Crippen LogP) is 2.10. The van der Waals surface area contributed by atoms with Crippen molar-refractivity contribution in [3.05, 3.63) is 35.9 Å². The summed E-state index contributed by atoms with van der Waals surface area (Å²) < 4.78 is 5.21. The van der Waals surface area contributed by atoms with Crippen molar-refractivity contribution in [3.8, 4) is 0 Å². The van der Waals surface area contributed by atoms with Crippen LogP contribution in [0.2, 0.25) is 0 Å². The quantitative estimate of drug-likeness (QED) is 0.834. The molecule has 4 nitrogen and oxygen atoms in total. The van der Waals surface area contributed by atoms with E-state index in [1.165, 1.54) is 5.56 Å². The molecule has 0 bridgehead atoms. The van der Waals surface area contributed by atoms with Crippen LogP contribution in [0.4, 0.5) is 4.79 Å². The predicted molar refractivity (Wildman–Crippen MR) is 72.8 cm³/mol. The summed E-state index contributed by atoms with van der Waals surface area (Å²) in [7, 11) is 0. The number of cyclic esters (lactones) is 1. The van der Waals surface area contributed by atoms with Crippen molar-refractivity contribution in [1.29, 1.82) is 0 Å². The number of rotatable bonds is 3. The first-order chi connectivity index (χ1) is 9.22. The van der Waals surface area contributed by atoms with E-state index < -0.39 is 0 Å². The van der Waals surface area contributed by atoms with Crippen LogP contribution in [0.1, 0.15) is 18.9 Å². The van der Waals surface area contributed by atoms with Crippen molar-refractivity contribution in [3.63, 3.8) is 0 Å². The maximum Gasteiger partial charge on any atom is 0.410 e. The van der Waals surface area contributed by atoms with Gasteiger partial charge in [0, 0.05) is 25.7 Å². The van der Waals surface area contributed by atoms with Gasteiger partial charge in [0.15, 0.2) is 0 Å². The minimum atomic E-state index is -0.140. The van der Waals surface area contributed by atoms with E-state index in [-0.39, 0.29) is 12.2 Å². The Labute approximate surface area is 113 Å². The Morgan fingerprint density at radius 3 is 2.74 bits per heavy atom. The first kappa shape index (κ1) is 12.5. The van der Waals surface area contributed by atoms with Gasteiger partial charge in [-0.2, -0.15) is 0 Å². The molecular formula is C15H20N2O2. The lowest BCUT2D eigenvalue weighted by atomic mass is 10.2. The van der Waals surface area contributed by atoms with Gasteiger partial charge in [-0.25, -0.2) is 4.79 Å². The molecule has 19 heavy (non-hydrogen) atoms. The number of carbonyl (C=O) groups excluding carboxylic acids is 1. The van der Waals surface area contributed by atoms with E-state index in [1.54, 1.807) is 0 Å². The smallest absolute Gasteiger partial charge is 0.410 e. The molecule has 2 heterocycles. The summed E-state index contributed by atoms with van der Waals surface area (Å²) in [6, 6.07) is 10.8. The lowest BCUT2D eigenvalue weighted by Crippen LogP contribution is -2.38. The Hall–Kier alpha value is -1.55. The van der Waals surface area contributed by atoms with Crippen LogP contribution < -0.4 is 0 Å². The number of hydrogen-bond acceptors (Lipinski definition) is 3. The molecule has 2 atom stereocenters. The number of carbonyl (C=O) groups is 1. The highest BCUT2D eigenvalue weighted by Gasteiger charge is 2.37. The average Bonchev–Trinajstić information content (AvgIpc) is 2.97. The number of likely N-dealkylation sites (tertiary alicyclic amines) is 1. The first-order valence-corrected chi connectivity index (χ1v) is 6.96. The van der Waals surface area contributed by atoms with Gasteiger partial charge in [-0.3, -0.25) is 4.90 Å². The van der Waals surface area contributed by atoms with E-state index in [2.05, 4.69) is 29.2 Å². The van der Waals surface area contributed by atoms with Crippen LogP contribution in [0.25, 0.3) is 0 Å². The molecular weight excluding hydrogens is 240 g/mol. The summed E-state index contributed by atoms with van der Waals surface area (Å²) in [6.07, 6.45) is 0.948. The topological polar surface area (TPSA) is 32.8 Å². The van der Waals surface area contributed by atoms with Gasteiger partial charge in [0.2, 0.25) is 0 Å². The summed E-state index contributed by atoms with van der Waals surface area (Å²) in [5.41, 5.74) is 1.33. The normalized spacial score (nSPS) is 27.8. The monoisotopic (exact) mass is 260 g/mol. The maximum atomic E-state index is 11.7. The maximum absolute atomic E-state index is 11.7. The van der Waals surface area contributed by atoms with Crippen molar-refractivity contribution < 1.29 is 9.53 Å². The van der Waals surface area contributed by atoms with Crippen LogP contribution in [0.5, 0.6) is 0 Å². The summed E-state index contributed by atoms with van der Waals surface area (Å²) >= 11 is 0. The zero-order chi connectivity index (χ0) is 13.2. The molecule has 1 aromatic carbocycles. The minimum Gasteiger partial charge on any atom is -0.444 e. The molecule has 0 N–H and O–H groups in total. The second-order valence-corrected chi connectivity index (χ2v) is 5.51. The fraction of sp³-hybridized carbons (Fsp3) is 0.533. The van der Waals surface area contributed by atoms with Crippen LogP contribution in [0.3, 0.4) is 0 Å². The third kappa shape index (κ3) is 2.73. The highest BCUT2D eigenvalue weighted by atomic mass is 16.6. The van der Waals surface area contributed by atoms with E-state index in [0.29, 0.717) is 6.04 Å². The standard InChI is InChI=1S/C15H20N2O2/c1-12-9-17(15(18)19-12)14-7-8-16(11-14)10-13-5-3-2-4-6-13/h2-6,12,14H,7-11H2,1H3/t12?,14-/m0/s1. The molecule has 4 heteroatoms. The van der Waals surface area contributed by atoms with E-state index in [0.717, 1.165) is 32.6 Å². The first-order valence-electron chi connectivity index (χ1n) is 6.96. The number of amides is 1. The molecule has 2 fully saturated rings. The number of benzene rings is 1. The molecule has 2 aliphatic rings. The Morgan fingerprint density at radius 1 is 1.26 bits per heavy atom. The Morgan fingerprint density at radius 2 is 2.05 bits per heavy atom. The SMILES string of the molecule is CC1CN([C@H]2CCN(Cc3ccccc3)C2)C(=O)O1. The number of nitrogens with zero attached hydrogens (tertiary/aromatic N) is 2. The lowest BCUT2D eigenvalue weighted by molar-refractivity contribution is 0.132. The zero-order valence-corrected chi connectivity index (χ0v) is 11.3. The largest absolute Gasteiger partial charge is 0.444 e. The summed E-state index contributed by atoms with van der Waals surface area (Å²) in [5, 5.41) is 0. The Kier molecular flexibility index (Phi) is 3.42. The van der Waals surface area contributed by atoms with Gasteiger partial charge < -0.3 is 9.64 Å². The van der Waals surface area contributed by atoms with Crippen LogP contribution in [-0.2, 0) is 11.3 Å². The highest BCUT2D eigenvalue weighted by molar-refractivity contribution is 5.70. The number of hydrogen-bond donors (Lipinski definition) is 0. The molecule has 1 aromatic rings. The number of ether oxygens (including phenoxy) is 1. The van der Waals surface area contributed by atoms with Gasteiger partial charge in [0.25, 0.3) is 0 Å². The molecule has 2 aliphatic heterocycles. The van der Waals surface area contributed by atoms with Crippen molar-refractivity contribution >= 4 is 6.09 Å². The van der Waals surface area contributed by atoms with Crippen LogP contribution in [-0.4, -0.2) is 47.7 Å². The summed E-state index contributed by atoms with van der Waals surface area (Å²) in [6.45, 7) is 5.67. The van der Waals surface area contributed by atoms with E-state index in [9.17, 15) is 4.79 Å². The minimum absolute atomic E-state index is 0.0377. The molecule has 3 rings (SSSR count). The summed E-state index contributed by atoms with van der Waals surface area (Å²) in [5.74, 6) is 0. The zero-order valence-electron chi connectivity index (χ0n) is 11.3. The van der Waals surface area contributed by atoms with Crippen molar-refractivity contribution in [1.82, 2.24) is 9.80 Å². The molecule has 2 saturated heterocycles. The van der Waals surface area contributed by atoms with E-state index in [4.69, 9.17) is 4.74 Å². The molecule has 0 radical (unpaired) electrons. The van der Waals surface area contributed by atoms with Crippen LogP contribution in [0, 0.1) is 0 Å². The average molecular weight is 260 g/mol. The molecule has 0 aromatic heterocycles. The molecule has 0 saturated carbocycles. The van der Waals surface area contributed by atoms with Gasteiger partial charge in [0.05, 0.1) is 6.54 Å². The fourth-order valence-corrected chi connectivity index (χ4v) is 2.98. The third-order valence-electron chi connectivity index (χ3n) is 3.93. The van der Waals surface area contributed by atoms with Gasteiger partial charge in [0.1, 0.15) is 6.10 Å². The van der Waals surface area contributed by atoms with Gasteiger partial charge in [-0.15, -0.1) is 0 Å². The lowest BCUT2D eigenvalue weighted by Gasteiger charge is -2.22. The Bertz CT molecular complexity index is 449. The molecule has 1 unspecified atom stereocenters. The Balaban J connectivity index is 1.57. The van der Waals surface area contributed by atoms with Gasteiger partial charge in [-0.05, 0) is 18.9 Å². The van der Waals surface area contributed by atoms with Crippen molar-refractivity contribution in [2.24, 2.45) is 0 Å². The molecule has 102 valence electrons. The van der Waals surface area contributed by atoms with Crippen LogP contribution >= 0.6 is 0 Å². The molecule has 0 spiro atoms. The van der Waals surface area contributed by atoms with E-state index >= 15 is 0 Å². The van der Waals surface area contributed by atoms with Crippen molar-refractivity contribution in [2.45, 2.75) is 32.0 Å². The van der Waals surface area contributed by atoms with Gasteiger partial charge >= 0.3 is 6.09 Å². The fourth-order valence-electron chi connectivity index (χ4n) is 2.98. The molecule has 0 aliphatic carbocycles.